The van der Waals surface area contributed by atoms with Gasteiger partial charge in [0.05, 0.1) is 11.7 Å². The smallest absolute Gasteiger partial charge is 0.304 e. The molecule has 2 rings (SSSR count). The molecule has 146 valence electrons. The summed E-state index contributed by atoms with van der Waals surface area (Å²) >= 11 is 0. The molecule has 0 saturated heterocycles. The quantitative estimate of drug-likeness (QED) is 0.786. The minimum Gasteiger partial charge on any atom is -0.348 e. The van der Waals surface area contributed by atoms with Crippen molar-refractivity contribution in [3.8, 4) is 0 Å². The summed E-state index contributed by atoms with van der Waals surface area (Å²) in [6.45, 7) is 3.38. The lowest BCUT2D eigenvalue weighted by molar-refractivity contribution is -0.120. The number of halogens is 1. The predicted molar refractivity (Wildman–Crippen MR) is 104 cm³/mol. The van der Waals surface area contributed by atoms with Crippen LogP contribution in [0, 0.1) is 12.7 Å². The van der Waals surface area contributed by atoms with Crippen LogP contribution in [0.5, 0.6) is 0 Å². The second kappa shape index (κ2) is 8.49. The third-order valence-corrected chi connectivity index (χ3v) is 5.92. The first-order valence-corrected chi connectivity index (χ1v) is 9.82. The zero-order valence-electron chi connectivity index (χ0n) is 15.8. The number of hydrogen-bond donors (Lipinski definition) is 1. The maximum Gasteiger partial charge on any atom is 0.304 e. The average Bonchev–Trinajstić information content (AvgIpc) is 2.60. The van der Waals surface area contributed by atoms with Gasteiger partial charge in [-0.1, -0.05) is 29.8 Å². The standard InChI is InChI=1S/C19H24FN3O3S/c1-14-5-7-16(8-6-14)15(2)21-19(24)13-23(27(25,26)22(3)4)18-11-9-17(20)10-12-18/h5-12,15H,13H2,1-4H3,(H,21,24)/t15-/m1/s1. The van der Waals surface area contributed by atoms with Gasteiger partial charge in [0.2, 0.25) is 5.91 Å². The van der Waals surface area contributed by atoms with Crippen molar-refractivity contribution in [2.24, 2.45) is 0 Å². The second-order valence-electron chi connectivity index (χ2n) is 6.47. The lowest BCUT2D eigenvalue weighted by Gasteiger charge is -2.27. The number of benzene rings is 2. The van der Waals surface area contributed by atoms with E-state index >= 15 is 0 Å². The SMILES string of the molecule is Cc1ccc([C@@H](C)NC(=O)CN(c2ccc(F)cc2)S(=O)(=O)N(C)C)cc1. The van der Waals surface area contributed by atoms with Crippen molar-refractivity contribution in [1.29, 1.82) is 0 Å². The topological polar surface area (TPSA) is 69.7 Å². The normalized spacial score (nSPS) is 12.7. The number of rotatable bonds is 7. The molecule has 8 heteroatoms. The van der Waals surface area contributed by atoms with Crippen LogP contribution in [0.2, 0.25) is 0 Å². The van der Waals surface area contributed by atoms with E-state index in [4.69, 9.17) is 0 Å². The molecule has 0 bridgehead atoms. The van der Waals surface area contributed by atoms with Gasteiger partial charge in [-0.05, 0) is 43.7 Å². The molecule has 0 aromatic heterocycles. The maximum absolute atomic E-state index is 13.2. The molecule has 1 N–H and O–H groups in total. The summed E-state index contributed by atoms with van der Waals surface area (Å²) in [6.07, 6.45) is 0. The minimum absolute atomic E-state index is 0.211. The first kappa shape index (κ1) is 20.9. The molecule has 0 aliphatic carbocycles. The molecular formula is C19H24FN3O3S. The Morgan fingerprint density at radius 2 is 1.63 bits per heavy atom. The Labute approximate surface area is 159 Å². The Bertz CT molecular complexity index is 881. The molecule has 2 aromatic carbocycles. The van der Waals surface area contributed by atoms with Crippen molar-refractivity contribution in [3.05, 3.63) is 65.5 Å². The molecule has 0 spiro atoms. The molecule has 0 fully saturated rings. The highest BCUT2D eigenvalue weighted by Gasteiger charge is 2.27. The number of nitrogens with one attached hydrogen (secondary N) is 1. The first-order chi connectivity index (χ1) is 12.6. The highest BCUT2D eigenvalue weighted by atomic mass is 32.2. The summed E-state index contributed by atoms with van der Waals surface area (Å²) in [5, 5.41) is 2.80. The number of aryl methyl sites for hydroxylation is 1. The van der Waals surface area contributed by atoms with E-state index in [1.807, 2.05) is 38.1 Å². The van der Waals surface area contributed by atoms with Crippen LogP contribution >= 0.6 is 0 Å². The molecule has 0 aliphatic heterocycles. The van der Waals surface area contributed by atoms with E-state index in [0.29, 0.717) is 0 Å². The molecule has 1 amide bonds. The van der Waals surface area contributed by atoms with Gasteiger partial charge >= 0.3 is 10.2 Å². The van der Waals surface area contributed by atoms with Crippen LogP contribution in [0.3, 0.4) is 0 Å². The number of hydrogen-bond acceptors (Lipinski definition) is 3. The van der Waals surface area contributed by atoms with E-state index in [2.05, 4.69) is 5.32 Å². The van der Waals surface area contributed by atoms with Crippen LogP contribution < -0.4 is 9.62 Å². The largest absolute Gasteiger partial charge is 0.348 e. The Hall–Kier alpha value is -2.45. The molecular weight excluding hydrogens is 369 g/mol. The van der Waals surface area contributed by atoms with Crippen molar-refractivity contribution in [2.75, 3.05) is 24.9 Å². The Balaban J connectivity index is 2.20. The zero-order valence-corrected chi connectivity index (χ0v) is 16.6. The second-order valence-corrected chi connectivity index (χ2v) is 8.54. The number of anilines is 1. The van der Waals surface area contributed by atoms with Gasteiger partial charge in [0, 0.05) is 14.1 Å². The van der Waals surface area contributed by atoms with Crippen LogP contribution in [0.25, 0.3) is 0 Å². The molecule has 2 aromatic rings. The fourth-order valence-electron chi connectivity index (χ4n) is 2.47. The van der Waals surface area contributed by atoms with Gasteiger partial charge in [-0.25, -0.2) is 8.70 Å². The van der Waals surface area contributed by atoms with E-state index < -0.39 is 28.5 Å². The van der Waals surface area contributed by atoms with Gasteiger partial charge in [0.1, 0.15) is 12.4 Å². The van der Waals surface area contributed by atoms with Crippen molar-refractivity contribution >= 4 is 21.8 Å². The third-order valence-electron chi connectivity index (χ3n) is 4.10. The number of nitrogens with zero attached hydrogens (tertiary/aromatic N) is 2. The average molecular weight is 393 g/mol. The van der Waals surface area contributed by atoms with Gasteiger partial charge in [0.25, 0.3) is 0 Å². The van der Waals surface area contributed by atoms with E-state index in [-0.39, 0.29) is 11.7 Å². The van der Waals surface area contributed by atoms with Crippen molar-refractivity contribution in [1.82, 2.24) is 9.62 Å². The Kier molecular flexibility index (Phi) is 6.56. The van der Waals surface area contributed by atoms with E-state index in [1.54, 1.807) is 0 Å². The maximum atomic E-state index is 13.2. The summed E-state index contributed by atoms with van der Waals surface area (Å²) in [5.41, 5.74) is 2.23. The fourth-order valence-corrected chi connectivity index (χ4v) is 3.53. The Morgan fingerprint density at radius 3 is 2.15 bits per heavy atom. The lowest BCUT2D eigenvalue weighted by atomic mass is 10.1. The van der Waals surface area contributed by atoms with Gasteiger partial charge in [-0.2, -0.15) is 12.7 Å². The third kappa shape index (κ3) is 5.27. The van der Waals surface area contributed by atoms with Crippen LogP contribution in [0.1, 0.15) is 24.1 Å². The number of carbonyl (C=O) groups is 1. The monoisotopic (exact) mass is 393 g/mol. The van der Waals surface area contributed by atoms with Crippen LogP contribution in [-0.2, 0) is 15.0 Å². The van der Waals surface area contributed by atoms with Gasteiger partial charge < -0.3 is 5.32 Å². The molecule has 6 nitrogen and oxygen atoms in total. The molecule has 0 unspecified atom stereocenters. The van der Waals surface area contributed by atoms with E-state index in [1.165, 1.54) is 26.2 Å². The highest BCUT2D eigenvalue weighted by Crippen LogP contribution is 2.20. The molecule has 27 heavy (non-hydrogen) atoms. The molecule has 0 saturated carbocycles. The van der Waals surface area contributed by atoms with Gasteiger partial charge in [-0.3, -0.25) is 4.79 Å². The van der Waals surface area contributed by atoms with E-state index in [9.17, 15) is 17.6 Å². The van der Waals surface area contributed by atoms with Crippen molar-refractivity contribution in [3.63, 3.8) is 0 Å². The summed E-state index contributed by atoms with van der Waals surface area (Å²) < 4.78 is 40.4. The Morgan fingerprint density at radius 1 is 1.07 bits per heavy atom. The number of carbonyl (C=O) groups excluding carboxylic acids is 1. The summed E-state index contributed by atoms with van der Waals surface area (Å²) in [5.74, 6) is -0.948. The lowest BCUT2D eigenvalue weighted by Crippen LogP contribution is -2.46. The van der Waals surface area contributed by atoms with Gasteiger partial charge in [-0.15, -0.1) is 0 Å². The summed E-state index contributed by atoms with van der Waals surface area (Å²) in [7, 11) is -1.18. The molecule has 0 radical (unpaired) electrons. The predicted octanol–water partition coefficient (Wildman–Crippen LogP) is 2.62. The highest BCUT2D eigenvalue weighted by molar-refractivity contribution is 7.90. The van der Waals surface area contributed by atoms with Crippen molar-refractivity contribution < 1.29 is 17.6 Å². The number of amides is 1. The summed E-state index contributed by atoms with van der Waals surface area (Å²) in [6, 6.07) is 12.4. The molecule has 0 heterocycles. The van der Waals surface area contributed by atoms with Gasteiger partial charge in [0.15, 0.2) is 0 Å². The van der Waals surface area contributed by atoms with Crippen molar-refractivity contribution in [2.45, 2.75) is 19.9 Å². The first-order valence-electron chi connectivity index (χ1n) is 8.43. The summed E-state index contributed by atoms with van der Waals surface area (Å²) in [4.78, 5) is 12.5. The van der Waals surface area contributed by atoms with Crippen LogP contribution in [-0.4, -0.2) is 39.3 Å². The van der Waals surface area contributed by atoms with E-state index in [0.717, 1.165) is 31.9 Å². The molecule has 0 aliphatic rings. The fraction of sp³-hybridized carbons (Fsp3) is 0.316. The zero-order chi connectivity index (χ0) is 20.2. The van der Waals surface area contributed by atoms with Crippen LogP contribution in [0.4, 0.5) is 10.1 Å². The molecule has 1 atom stereocenters. The van der Waals surface area contributed by atoms with Crippen LogP contribution in [0.15, 0.2) is 48.5 Å². The minimum atomic E-state index is -3.92.